The molecule has 0 atom stereocenters. The molecular weight excluding hydrogens is 354 g/mol. The Morgan fingerprint density at radius 2 is 2.04 bits per heavy atom. The first-order valence-electron chi connectivity index (χ1n) is 9.71. The van der Waals surface area contributed by atoms with Crippen LogP contribution in [0, 0.1) is 13.8 Å². The third-order valence-electron chi connectivity index (χ3n) is 5.67. The van der Waals surface area contributed by atoms with E-state index in [0.717, 1.165) is 36.2 Å². The van der Waals surface area contributed by atoms with Crippen molar-refractivity contribution < 1.29 is 9.21 Å². The average molecular weight is 377 g/mol. The van der Waals surface area contributed by atoms with Gasteiger partial charge >= 0.3 is 0 Å². The van der Waals surface area contributed by atoms with Gasteiger partial charge in [-0.25, -0.2) is 4.98 Å². The summed E-state index contributed by atoms with van der Waals surface area (Å²) in [5.41, 5.74) is 4.22. The molecule has 7 nitrogen and oxygen atoms in total. The number of nitrogens with zero attached hydrogens (tertiary/aromatic N) is 4. The lowest BCUT2D eigenvalue weighted by atomic mass is 10.0. The zero-order valence-corrected chi connectivity index (χ0v) is 16.4. The first-order valence-corrected chi connectivity index (χ1v) is 9.71. The Morgan fingerprint density at radius 1 is 1.21 bits per heavy atom. The third-order valence-corrected chi connectivity index (χ3v) is 5.67. The number of aryl methyl sites for hydroxylation is 2. The quantitative estimate of drug-likeness (QED) is 0.753. The molecule has 4 heterocycles. The molecule has 3 aromatic heterocycles. The molecule has 28 heavy (non-hydrogen) atoms. The molecule has 0 saturated heterocycles. The van der Waals surface area contributed by atoms with Gasteiger partial charge in [0.15, 0.2) is 0 Å². The Morgan fingerprint density at radius 3 is 2.82 bits per heavy atom. The maximum absolute atomic E-state index is 13.3. The number of amides is 1. The molecule has 1 saturated carbocycles. The number of anilines is 1. The van der Waals surface area contributed by atoms with Crippen LogP contribution in [0.5, 0.6) is 0 Å². The van der Waals surface area contributed by atoms with Crippen molar-refractivity contribution >= 4 is 22.8 Å². The van der Waals surface area contributed by atoms with Crippen molar-refractivity contribution in [1.29, 1.82) is 0 Å². The predicted molar refractivity (Wildman–Crippen MR) is 105 cm³/mol. The summed E-state index contributed by atoms with van der Waals surface area (Å²) in [6.45, 7) is 7.19. The summed E-state index contributed by atoms with van der Waals surface area (Å²) in [6.07, 6.45) is 4.46. The van der Waals surface area contributed by atoms with E-state index in [2.05, 4.69) is 33.3 Å². The fourth-order valence-electron chi connectivity index (χ4n) is 3.76. The molecule has 0 spiro atoms. The minimum Gasteiger partial charge on any atom is -0.445 e. The fraction of sp³-hybridized carbons (Fsp3) is 0.429. The van der Waals surface area contributed by atoms with Gasteiger partial charge in [-0.1, -0.05) is 6.07 Å². The highest BCUT2D eigenvalue weighted by molar-refractivity contribution is 6.09. The molecule has 5 rings (SSSR count). The molecule has 1 N–H and O–H groups in total. The third kappa shape index (κ3) is 2.91. The standard InChI is InChI=1S/C21H23N5O2/c1-12-4-5-14-10-26(9-6-16(14)22-12)20(27)15-11-28-19-17(15)18(23-13(2)24-19)25-21(3)7-8-21/h4-5,11H,6-10H2,1-3H3,(H,23,24,25). The summed E-state index contributed by atoms with van der Waals surface area (Å²) in [4.78, 5) is 28.7. The summed E-state index contributed by atoms with van der Waals surface area (Å²) >= 11 is 0. The lowest BCUT2D eigenvalue weighted by Gasteiger charge is -2.28. The van der Waals surface area contributed by atoms with E-state index in [0.29, 0.717) is 41.4 Å². The number of aromatic nitrogens is 3. The lowest BCUT2D eigenvalue weighted by molar-refractivity contribution is 0.0734. The van der Waals surface area contributed by atoms with Gasteiger partial charge in [0, 0.05) is 36.4 Å². The van der Waals surface area contributed by atoms with Crippen LogP contribution in [0.15, 0.2) is 22.8 Å². The smallest absolute Gasteiger partial charge is 0.258 e. The summed E-state index contributed by atoms with van der Waals surface area (Å²) in [5.74, 6) is 1.26. The molecule has 1 aliphatic heterocycles. The Labute approximate surface area is 163 Å². The minimum atomic E-state index is -0.0542. The fourth-order valence-corrected chi connectivity index (χ4v) is 3.76. The first kappa shape index (κ1) is 17.2. The van der Waals surface area contributed by atoms with Crippen LogP contribution in [-0.4, -0.2) is 37.8 Å². The number of carbonyl (C=O) groups is 1. The number of hydrogen-bond donors (Lipinski definition) is 1. The van der Waals surface area contributed by atoms with Gasteiger partial charge < -0.3 is 14.6 Å². The van der Waals surface area contributed by atoms with Crippen molar-refractivity contribution in [2.75, 3.05) is 11.9 Å². The SMILES string of the molecule is Cc1ccc2c(n1)CCN(C(=O)c1coc3nc(C)nc(NC4(C)CC4)c13)C2. The Balaban J connectivity index is 1.50. The maximum atomic E-state index is 13.3. The molecule has 0 aromatic carbocycles. The second-order valence-electron chi connectivity index (χ2n) is 8.17. The number of pyridine rings is 1. The second-order valence-corrected chi connectivity index (χ2v) is 8.17. The highest BCUT2D eigenvalue weighted by Gasteiger charge is 2.38. The Kier molecular flexibility index (Phi) is 3.69. The molecule has 1 aliphatic carbocycles. The van der Waals surface area contributed by atoms with E-state index in [-0.39, 0.29) is 11.4 Å². The van der Waals surface area contributed by atoms with Crippen molar-refractivity contribution in [2.24, 2.45) is 0 Å². The van der Waals surface area contributed by atoms with Gasteiger partial charge in [0.25, 0.3) is 5.91 Å². The molecule has 3 aromatic rings. The van der Waals surface area contributed by atoms with Crippen molar-refractivity contribution in [1.82, 2.24) is 19.9 Å². The largest absolute Gasteiger partial charge is 0.445 e. The van der Waals surface area contributed by atoms with Crippen LogP contribution in [0.25, 0.3) is 11.1 Å². The Hall–Kier alpha value is -2.96. The summed E-state index contributed by atoms with van der Waals surface area (Å²) in [7, 11) is 0. The number of furan rings is 1. The summed E-state index contributed by atoms with van der Waals surface area (Å²) < 4.78 is 5.65. The normalized spacial score (nSPS) is 17.5. The summed E-state index contributed by atoms with van der Waals surface area (Å²) in [5, 5.41) is 4.17. The van der Waals surface area contributed by atoms with Crippen LogP contribution >= 0.6 is 0 Å². The van der Waals surface area contributed by atoms with Gasteiger partial charge in [0.1, 0.15) is 17.9 Å². The summed E-state index contributed by atoms with van der Waals surface area (Å²) in [6, 6.07) is 4.06. The molecule has 1 fully saturated rings. The highest BCUT2D eigenvalue weighted by Crippen LogP contribution is 2.40. The predicted octanol–water partition coefficient (Wildman–Crippen LogP) is 3.40. The number of rotatable bonds is 3. The van der Waals surface area contributed by atoms with Crippen LogP contribution in [-0.2, 0) is 13.0 Å². The molecule has 0 radical (unpaired) electrons. The van der Waals surface area contributed by atoms with Crippen LogP contribution in [0.3, 0.4) is 0 Å². The molecule has 2 aliphatic rings. The lowest BCUT2D eigenvalue weighted by Crippen LogP contribution is -2.36. The monoisotopic (exact) mass is 377 g/mol. The van der Waals surface area contributed by atoms with E-state index >= 15 is 0 Å². The number of nitrogens with one attached hydrogen (secondary N) is 1. The molecular formula is C21H23N5O2. The molecule has 0 bridgehead atoms. The first-order chi connectivity index (χ1) is 13.4. The van der Waals surface area contributed by atoms with Crippen molar-refractivity contribution in [3.63, 3.8) is 0 Å². The molecule has 144 valence electrons. The molecule has 1 amide bonds. The van der Waals surface area contributed by atoms with Gasteiger partial charge in [0.05, 0.1) is 10.9 Å². The zero-order valence-electron chi connectivity index (χ0n) is 16.4. The van der Waals surface area contributed by atoms with Gasteiger partial charge in [-0.3, -0.25) is 9.78 Å². The van der Waals surface area contributed by atoms with Crippen molar-refractivity contribution in [3.05, 3.63) is 46.7 Å². The van der Waals surface area contributed by atoms with Gasteiger partial charge in [0.2, 0.25) is 5.71 Å². The van der Waals surface area contributed by atoms with Crippen molar-refractivity contribution in [2.45, 2.75) is 52.1 Å². The van der Waals surface area contributed by atoms with Gasteiger partial charge in [-0.15, -0.1) is 0 Å². The van der Waals surface area contributed by atoms with Crippen LogP contribution < -0.4 is 5.32 Å². The minimum absolute atomic E-state index is 0.0406. The van der Waals surface area contributed by atoms with E-state index in [1.807, 2.05) is 24.8 Å². The van der Waals surface area contributed by atoms with Gasteiger partial charge in [-0.2, -0.15) is 4.98 Å². The van der Waals surface area contributed by atoms with Crippen molar-refractivity contribution in [3.8, 4) is 0 Å². The number of carbonyl (C=O) groups excluding carboxylic acids is 1. The van der Waals surface area contributed by atoms with E-state index in [4.69, 9.17) is 4.42 Å². The van der Waals surface area contributed by atoms with Crippen LogP contribution in [0.4, 0.5) is 5.82 Å². The number of fused-ring (bicyclic) bond motifs is 2. The van der Waals surface area contributed by atoms with E-state index < -0.39 is 0 Å². The van der Waals surface area contributed by atoms with E-state index in [9.17, 15) is 4.79 Å². The molecule has 7 heteroatoms. The topological polar surface area (TPSA) is 84.2 Å². The van der Waals surface area contributed by atoms with E-state index in [1.54, 1.807) is 0 Å². The average Bonchev–Trinajstić information content (AvgIpc) is 3.23. The Bertz CT molecular complexity index is 1100. The van der Waals surface area contributed by atoms with Crippen LogP contribution in [0.2, 0.25) is 0 Å². The van der Waals surface area contributed by atoms with Gasteiger partial charge in [-0.05, 0) is 45.2 Å². The maximum Gasteiger partial charge on any atom is 0.258 e. The van der Waals surface area contributed by atoms with E-state index in [1.165, 1.54) is 6.26 Å². The molecule has 0 unspecified atom stereocenters. The second kappa shape index (κ2) is 6.02. The highest BCUT2D eigenvalue weighted by atomic mass is 16.3. The van der Waals surface area contributed by atoms with Crippen LogP contribution in [0.1, 0.15) is 52.9 Å². The number of hydrogen-bond acceptors (Lipinski definition) is 6. The zero-order chi connectivity index (χ0) is 19.5.